The van der Waals surface area contributed by atoms with Gasteiger partial charge in [-0.25, -0.2) is 0 Å². The number of hydrogen-bond donors (Lipinski definition) is 1. The van der Waals surface area contributed by atoms with E-state index in [-0.39, 0.29) is 5.91 Å². The van der Waals surface area contributed by atoms with E-state index in [2.05, 4.69) is 16.8 Å². The Balaban J connectivity index is 1.64. The van der Waals surface area contributed by atoms with Crippen molar-refractivity contribution in [3.05, 3.63) is 21.9 Å². The number of thiophene rings is 1. The summed E-state index contributed by atoms with van der Waals surface area (Å²) in [6.45, 7) is 3.77. The van der Waals surface area contributed by atoms with Crippen LogP contribution in [0.15, 0.2) is 11.4 Å². The summed E-state index contributed by atoms with van der Waals surface area (Å²) in [5.41, 5.74) is 1.32. The molecule has 2 heterocycles. The first-order valence-electron chi connectivity index (χ1n) is 6.84. The van der Waals surface area contributed by atoms with Gasteiger partial charge in [-0.3, -0.25) is 4.79 Å². The third kappa shape index (κ3) is 4.30. The second-order valence-electron chi connectivity index (χ2n) is 4.81. The zero-order chi connectivity index (χ0) is 13.5. The minimum absolute atomic E-state index is 0.212. The summed E-state index contributed by atoms with van der Waals surface area (Å²) in [5.74, 6) is 0.212. The van der Waals surface area contributed by atoms with E-state index >= 15 is 0 Å². The van der Waals surface area contributed by atoms with E-state index in [4.69, 9.17) is 4.74 Å². The first-order chi connectivity index (χ1) is 9.31. The van der Waals surface area contributed by atoms with Crippen LogP contribution >= 0.6 is 11.3 Å². The minimum atomic E-state index is 0.212. The lowest BCUT2D eigenvalue weighted by Crippen LogP contribution is -2.41. The molecule has 0 spiro atoms. The lowest BCUT2D eigenvalue weighted by molar-refractivity contribution is -0.131. The Kier molecular flexibility index (Phi) is 5.82. The second-order valence-corrected chi connectivity index (χ2v) is 5.81. The molecule has 1 aliphatic heterocycles. The number of fused-ring (bicyclic) bond motifs is 1. The summed E-state index contributed by atoms with van der Waals surface area (Å²) >= 11 is 1.80. The van der Waals surface area contributed by atoms with Gasteiger partial charge in [0.15, 0.2) is 0 Å². The van der Waals surface area contributed by atoms with E-state index in [1.807, 2.05) is 4.90 Å². The van der Waals surface area contributed by atoms with Crippen LogP contribution in [0.2, 0.25) is 0 Å². The highest BCUT2D eigenvalue weighted by Gasteiger charge is 2.20. The van der Waals surface area contributed by atoms with Gasteiger partial charge < -0.3 is 15.0 Å². The van der Waals surface area contributed by atoms with Gasteiger partial charge in [-0.2, -0.15) is 0 Å². The molecule has 1 amide bonds. The molecule has 4 nitrogen and oxygen atoms in total. The molecular formula is C14H22N2O2S. The molecule has 0 aromatic carbocycles. The average molecular weight is 282 g/mol. The molecule has 5 heteroatoms. The third-order valence-electron chi connectivity index (χ3n) is 3.39. The molecule has 0 bridgehead atoms. The highest BCUT2D eigenvalue weighted by atomic mass is 32.1. The monoisotopic (exact) mass is 282 g/mol. The topological polar surface area (TPSA) is 41.6 Å². The number of nitrogens with one attached hydrogen (secondary N) is 1. The molecule has 1 aromatic heterocycles. The number of unbranched alkanes of at least 4 members (excludes halogenated alkanes) is 1. The van der Waals surface area contributed by atoms with Crippen molar-refractivity contribution in [2.45, 2.75) is 25.8 Å². The van der Waals surface area contributed by atoms with E-state index in [1.165, 1.54) is 10.4 Å². The minimum Gasteiger partial charge on any atom is -0.385 e. The van der Waals surface area contributed by atoms with Crippen molar-refractivity contribution >= 4 is 17.2 Å². The van der Waals surface area contributed by atoms with Crippen LogP contribution in [-0.2, 0) is 22.5 Å². The van der Waals surface area contributed by atoms with E-state index in [0.717, 1.165) is 45.5 Å². The molecule has 0 unspecified atom stereocenters. The lowest BCUT2D eigenvalue weighted by atomic mass is 10.1. The van der Waals surface area contributed by atoms with Crippen LogP contribution in [0.4, 0.5) is 0 Å². The van der Waals surface area contributed by atoms with Gasteiger partial charge in [0.05, 0.1) is 6.54 Å². The number of carbonyl (C=O) groups is 1. The number of amides is 1. The molecule has 0 saturated carbocycles. The second kappa shape index (κ2) is 7.62. The molecule has 0 atom stereocenters. The van der Waals surface area contributed by atoms with Gasteiger partial charge in [0.25, 0.3) is 0 Å². The SMILES string of the molecule is COCCCCNCC(=O)N1CCc2sccc2C1. The molecule has 1 N–H and O–H groups in total. The number of hydrogen-bond acceptors (Lipinski definition) is 4. The van der Waals surface area contributed by atoms with E-state index in [9.17, 15) is 4.79 Å². The Morgan fingerprint density at radius 3 is 3.26 bits per heavy atom. The first-order valence-corrected chi connectivity index (χ1v) is 7.72. The van der Waals surface area contributed by atoms with Crippen LogP contribution < -0.4 is 5.32 Å². The Morgan fingerprint density at radius 1 is 1.53 bits per heavy atom. The maximum absolute atomic E-state index is 12.1. The quantitative estimate of drug-likeness (QED) is 0.773. The number of rotatable bonds is 7. The number of nitrogens with zero attached hydrogens (tertiary/aromatic N) is 1. The van der Waals surface area contributed by atoms with Crippen molar-refractivity contribution in [1.29, 1.82) is 0 Å². The van der Waals surface area contributed by atoms with Crippen molar-refractivity contribution < 1.29 is 9.53 Å². The fourth-order valence-electron chi connectivity index (χ4n) is 2.26. The normalized spacial score (nSPS) is 14.5. The van der Waals surface area contributed by atoms with Crippen molar-refractivity contribution in [2.24, 2.45) is 0 Å². The van der Waals surface area contributed by atoms with Gasteiger partial charge in [0.2, 0.25) is 5.91 Å². The average Bonchev–Trinajstić information content (AvgIpc) is 2.89. The van der Waals surface area contributed by atoms with Crippen molar-refractivity contribution in [1.82, 2.24) is 10.2 Å². The van der Waals surface area contributed by atoms with Gasteiger partial charge >= 0.3 is 0 Å². The first kappa shape index (κ1) is 14.5. The van der Waals surface area contributed by atoms with E-state index in [1.54, 1.807) is 18.4 Å². The van der Waals surface area contributed by atoms with Crippen LogP contribution in [-0.4, -0.2) is 44.2 Å². The van der Waals surface area contributed by atoms with Crippen molar-refractivity contribution in [3.63, 3.8) is 0 Å². The molecule has 106 valence electrons. The maximum atomic E-state index is 12.1. The smallest absolute Gasteiger partial charge is 0.236 e. The van der Waals surface area contributed by atoms with Crippen LogP contribution in [0.25, 0.3) is 0 Å². The van der Waals surface area contributed by atoms with Gasteiger partial charge in [0, 0.05) is 31.7 Å². The highest BCUT2D eigenvalue weighted by Crippen LogP contribution is 2.23. The fraction of sp³-hybridized carbons (Fsp3) is 0.643. The predicted molar refractivity (Wildman–Crippen MR) is 77.4 cm³/mol. The molecule has 0 saturated heterocycles. The highest BCUT2D eigenvalue weighted by molar-refractivity contribution is 7.10. The van der Waals surface area contributed by atoms with Gasteiger partial charge in [0.1, 0.15) is 0 Å². The zero-order valence-corrected chi connectivity index (χ0v) is 12.3. The van der Waals surface area contributed by atoms with Crippen LogP contribution in [0.5, 0.6) is 0 Å². The van der Waals surface area contributed by atoms with E-state index in [0.29, 0.717) is 6.54 Å². The molecule has 0 aliphatic carbocycles. The summed E-state index contributed by atoms with van der Waals surface area (Å²) in [6.07, 6.45) is 3.10. The van der Waals surface area contributed by atoms with Gasteiger partial charge in [-0.15, -0.1) is 11.3 Å². The molecule has 0 radical (unpaired) electrons. The number of ether oxygens (including phenoxy) is 1. The standard InChI is InChI=1S/C14H22N2O2S/c1-18-8-3-2-6-15-10-14(17)16-7-4-13-12(11-16)5-9-19-13/h5,9,15H,2-4,6-8,10-11H2,1H3. The zero-order valence-electron chi connectivity index (χ0n) is 11.5. The lowest BCUT2D eigenvalue weighted by Gasteiger charge is -2.27. The Bertz CT molecular complexity index is 406. The van der Waals surface area contributed by atoms with Crippen LogP contribution in [0, 0.1) is 0 Å². The van der Waals surface area contributed by atoms with Gasteiger partial charge in [-0.05, 0) is 42.8 Å². The molecule has 1 aliphatic rings. The van der Waals surface area contributed by atoms with Crippen molar-refractivity contribution in [2.75, 3.05) is 33.4 Å². The predicted octanol–water partition coefficient (Wildman–Crippen LogP) is 1.65. The van der Waals surface area contributed by atoms with Crippen LogP contribution in [0.1, 0.15) is 23.3 Å². The number of carbonyl (C=O) groups excluding carboxylic acids is 1. The fourth-order valence-corrected chi connectivity index (χ4v) is 3.15. The van der Waals surface area contributed by atoms with Gasteiger partial charge in [-0.1, -0.05) is 0 Å². The maximum Gasteiger partial charge on any atom is 0.236 e. The largest absolute Gasteiger partial charge is 0.385 e. The molecule has 19 heavy (non-hydrogen) atoms. The Labute approximate surface area is 118 Å². The summed E-state index contributed by atoms with van der Waals surface area (Å²) < 4.78 is 4.99. The molecule has 0 fully saturated rings. The van der Waals surface area contributed by atoms with Crippen molar-refractivity contribution in [3.8, 4) is 0 Å². The molecule has 2 rings (SSSR count). The van der Waals surface area contributed by atoms with Crippen LogP contribution in [0.3, 0.4) is 0 Å². The molecular weight excluding hydrogens is 260 g/mol. The van der Waals surface area contributed by atoms with E-state index < -0.39 is 0 Å². The molecule has 1 aromatic rings. The third-order valence-corrected chi connectivity index (χ3v) is 4.41. The summed E-state index contributed by atoms with van der Waals surface area (Å²) in [4.78, 5) is 15.5. The summed E-state index contributed by atoms with van der Waals surface area (Å²) in [7, 11) is 1.71. The Hall–Kier alpha value is -0.910. The number of methoxy groups -OCH3 is 1. The summed E-state index contributed by atoms with van der Waals surface area (Å²) in [6, 6.07) is 2.14. The summed E-state index contributed by atoms with van der Waals surface area (Å²) in [5, 5.41) is 5.33. The Morgan fingerprint density at radius 2 is 2.42 bits per heavy atom.